The molecule has 0 aromatic heterocycles. The number of hydrogen-bond acceptors (Lipinski definition) is 4. The zero-order valence-electron chi connectivity index (χ0n) is 17.2. The maximum Gasteiger partial charge on any atom is 0.210 e. The summed E-state index contributed by atoms with van der Waals surface area (Å²) in [5, 5.41) is 0. The molecule has 1 aromatic carbocycles. The molecule has 0 spiro atoms. The normalized spacial score (nSPS) is 16.7. The van der Waals surface area contributed by atoms with Crippen LogP contribution in [0.15, 0.2) is 58.0 Å². The minimum absolute atomic E-state index is 0.141. The molecule has 0 amide bonds. The van der Waals surface area contributed by atoms with Gasteiger partial charge in [-0.2, -0.15) is 0 Å². The summed E-state index contributed by atoms with van der Waals surface area (Å²) < 4.78 is 25.7. The molecule has 2 rings (SSSR count). The maximum atomic E-state index is 12.8. The monoisotopic (exact) mass is 403 g/mol. The number of allylic oxidation sites excluding steroid dienone is 4. The number of nitrogens with zero attached hydrogens (tertiary/aromatic N) is 1. The Hall–Kier alpha value is -1.88. The Morgan fingerprint density at radius 2 is 1.75 bits per heavy atom. The van der Waals surface area contributed by atoms with Crippen LogP contribution in [0.2, 0.25) is 0 Å². The van der Waals surface area contributed by atoms with Crippen molar-refractivity contribution >= 4 is 15.6 Å². The fourth-order valence-electron chi connectivity index (χ4n) is 3.57. The van der Waals surface area contributed by atoms with Gasteiger partial charge in [0.05, 0.1) is 4.90 Å². The Labute approximate surface area is 170 Å². The van der Waals surface area contributed by atoms with Crippen molar-refractivity contribution in [3.63, 3.8) is 0 Å². The lowest BCUT2D eigenvalue weighted by molar-refractivity contribution is -0.113. The van der Waals surface area contributed by atoms with Crippen LogP contribution in [-0.2, 0) is 14.6 Å². The summed E-state index contributed by atoms with van der Waals surface area (Å²) in [6.45, 7) is 5.55. The zero-order valence-corrected chi connectivity index (χ0v) is 18.0. The van der Waals surface area contributed by atoms with Gasteiger partial charge < -0.3 is 4.90 Å². The molecule has 0 atom stereocenters. The molecule has 0 unspecified atom stereocenters. The van der Waals surface area contributed by atoms with Crippen LogP contribution in [0.4, 0.5) is 0 Å². The number of Topliss-reactive ketones (excluding diaryl/α,β-unsaturated/α-hetero) is 1. The molecule has 0 N–H and O–H groups in total. The summed E-state index contributed by atoms with van der Waals surface area (Å²) in [4.78, 5) is 14.4. The van der Waals surface area contributed by atoms with Gasteiger partial charge in [-0.05, 0) is 50.5 Å². The van der Waals surface area contributed by atoms with Gasteiger partial charge in [0.15, 0.2) is 5.78 Å². The molecule has 1 heterocycles. The van der Waals surface area contributed by atoms with E-state index in [4.69, 9.17) is 0 Å². The molecular formula is C23H33NO3S. The maximum absolute atomic E-state index is 12.8. The van der Waals surface area contributed by atoms with Crippen LogP contribution in [-0.4, -0.2) is 32.2 Å². The standard InChI is InChI=1S/C23H33NO3S/c1-3-4-5-6-7-11-18-24-19-12-13-21(24)16-17-23(20(2)25)28(26,27)22-14-9-8-10-15-22/h8-10,14-17H,3-7,11-13,18-19H2,1-2H3. The van der Waals surface area contributed by atoms with E-state index in [9.17, 15) is 13.2 Å². The molecular weight excluding hydrogens is 370 g/mol. The first-order chi connectivity index (χ1) is 13.5. The van der Waals surface area contributed by atoms with Gasteiger partial charge >= 0.3 is 0 Å². The van der Waals surface area contributed by atoms with Crippen molar-refractivity contribution in [2.75, 3.05) is 13.1 Å². The third-order valence-electron chi connectivity index (χ3n) is 5.17. The summed E-state index contributed by atoms with van der Waals surface area (Å²) in [5.74, 6) is -0.429. The molecule has 5 heteroatoms. The quantitative estimate of drug-likeness (QED) is 0.373. The van der Waals surface area contributed by atoms with Crippen LogP contribution in [0.5, 0.6) is 0 Å². The Balaban J connectivity index is 2.08. The highest BCUT2D eigenvalue weighted by Crippen LogP contribution is 2.24. The molecule has 1 saturated heterocycles. The second-order valence-corrected chi connectivity index (χ2v) is 9.34. The summed E-state index contributed by atoms with van der Waals surface area (Å²) in [6.07, 6.45) is 12.9. The molecule has 0 saturated carbocycles. The number of carbonyl (C=O) groups is 1. The number of hydrogen-bond donors (Lipinski definition) is 0. The molecule has 0 bridgehead atoms. The van der Waals surface area contributed by atoms with Crippen LogP contribution in [0.25, 0.3) is 0 Å². The number of unbranched alkanes of at least 4 members (excludes halogenated alkanes) is 5. The van der Waals surface area contributed by atoms with Gasteiger partial charge in [-0.15, -0.1) is 0 Å². The van der Waals surface area contributed by atoms with Crippen molar-refractivity contribution in [3.8, 4) is 0 Å². The van der Waals surface area contributed by atoms with Gasteiger partial charge in [-0.1, -0.05) is 57.2 Å². The zero-order chi connectivity index (χ0) is 20.4. The van der Waals surface area contributed by atoms with E-state index in [1.165, 1.54) is 57.2 Å². The van der Waals surface area contributed by atoms with Crippen LogP contribution in [0, 0.1) is 0 Å². The molecule has 1 aromatic rings. The van der Waals surface area contributed by atoms with Crippen molar-refractivity contribution in [1.29, 1.82) is 0 Å². The SMILES string of the molecule is CCCCCCCCN1CCCC1=CC=C(C(C)=O)S(=O)(=O)c1ccccc1. The van der Waals surface area contributed by atoms with Gasteiger partial charge in [-0.25, -0.2) is 8.42 Å². The van der Waals surface area contributed by atoms with Gasteiger partial charge in [0.1, 0.15) is 4.91 Å². The van der Waals surface area contributed by atoms with Gasteiger partial charge in [-0.3, -0.25) is 4.79 Å². The number of sulfone groups is 1. The van der Waals surface area contributed by atoms with E-state index in [2.05, 4.69) is 11.8 Å². The fraction of sp³-hybridized carbons (Fsp3) is 0.522. The van der Waals surface area contributed by atoms with Crippen molar-refractivity contribution in [2.24, 2.45) is 0 Å². The van der Waals surface area contributed by atoms with Crippen LogP contribution < -0.4 is 0 Å². The van der Waals surface area contributed by atoms with E-state index >= 15 is 0 Å². The van der Waals surface area contributed by atoms with Gasteiger partial charge in [0.2, 0.25) is 9.84 Å². The highest BCUT2D eigenvalue weighted by Gasteiger charge is 2.24. The van der Waals surface area contributed by atoms with E-state index in [0.29, 0.717) is 0 Å². The summed E-state index contributed by atoms with van der Waals surface area (Å²) in [5.41, 5.74) is 1.13. The number of likely N-dealkylation sites (tertiary alicyclic amines) is 1. The van der Waals surface area contributed by atoms with Gasteiger partial charge in [0.25, 0.3) is 0 Å². The van der Waals surface area contributed by atoms with E-state index in [1.807, 2.05) is 6.08 Å². The van der Waals surface area contributed by atoms with E-state index in [-0.39, 0.29) is 9.80 Å². The lowest BCUT2D eigenvalue weighted by Crippen LogP contribution is -2.19. The minimum atomic E-state index is -3.79. The molecule has 4 nitrogen and oxygen atoms in total. The Bertz CT molecular complexity index is 794. The molecule has 1 fully saturated rings. The topological polar surface area (TPSA) is 54.5 Å². The summed E-state index contributed by atoms with van der Waals surface area (Å²) >= 11 is 0. The first-order valence-electron chi connectivity index (χ1n) is 10.4. The Morgan fingerprint density at radius 1 is 1.07 bits per heavy atom. The molecule has 1 aliphatic rings. The second kappa shape index (κ2) is 11.2. The molecule has 0 radical (unpaired) electrons. The van der Waals surface area contributed by atoms with E-state index < -0.39 is 15.6 Å². The molecule has 0 aliphatic carbocycles. The van der Waals surface area contributed by atoms with Crippen LogP contribution >= 0.6 is 0 Å². The summed E-state index contributed by atoms with van der Waals surface area (Å²) in [7, 11) is -3.79. The van der Waals surface area contributed by atoms with Crippen LogP contribution in [0.3, 0.4) is 0 Å². The lowest BCUT2D eigenvalue weighted by Gasteiger charge is -2.19. The first-order valence-corrected chi connectivity index (χ1v) is 11.9. The molecule has 1 aliphatic heterocycles. The van der Waals surface area contributed by atoms with Crippen LogP contribution in [0.1, 0.15) is 65.2 Å². The van der Waals surface area contributed by atoms with Crippen molar-refractivity contribution in [2.45, 2.75) is 70.1 Å². The van der Waals surface area contributed by atoms with Crippen molar-refractivity contribution in [1.82, 2.24) is 4.90 Å². The number of benzene rings is 1. The average Bonchev–Trinajstić information content (AvgIpc) is 3.12. The molecule has 154 valence electrons. The van der Waals surface area contributed by atoms with E-state index in [0.717, 1.165) is 38.0 Å². The van der Waals surface area contributed by atoms with Gasteiger partial charge in [0, 0.05) is 18.8 Å². The lowest BCUT2D eigenvalue weighted by atomic mass is 10.1. The van der Waals surface area contributed by atoms with Crippen molar-refractivity contribution in [3.05, 3.63) is 53.1 Å². The predicted octanol–water partition coefficient (Wildman–Crippen LogP) is 5.27. The smallest absolute Gasteiger partial charge is 0.210 e. The number of ketones is 1. The third kappa shape index (κ3) is 6.33. The number of carbonyl (C=O) groups excluding carboxylic acids is 1. The summed E-state index contributed by atoms with van der Waals surface area (Å²) in [6, 6.07) is 8.15. The third-order valence-corrected chi connectivity index (χ3v) is 7.06. The Kier molecular flexibility index (Phi) is 8.97. The first kappa shape index (κ1) is 22.4. The van der Waals surface area contributed by atoms with E-state index in [1.54, 1.807) is 18.2 Å². The Morgan fingerprint density at radius 3 is 2.43 bits per heavy atom. The number of rotatable bonds is 11. The van der Waals surface area contributed by atoms with Crippen molar-refractivity contribution < 1.29 is 13.2 Å². The largest absolute Gasteiger partial charge is 0.375 e. The minimum Gasteiger partial charge on any atom is -0.375 e. The highest BCUT2D eigenvalue weighted by atomic mass is 32.2. The second-order valence-electron chi connectivity index (χ2n) is 7.42. The molecule has 28 heavy (non-hydrogen) atoms. The fourth-order valence-corrected chi connectivity index (χ4v) is 4.97. The highest BCUT2D eigenvalue weighted by molar-refractivity contribution is 7.96. The predicted molar refractivity (Wildman–Crippen MR) is 115 cm³/mol. The average molecular weight is 404 g/mol.